The third-order valence-corrected chi connectivity index (χ3v) is 4.02. The van der Waals surface area contributed by atoms with Gasteiger partial charge in [-0.15, -0.1) is 0 Å². The fourth-order valence-corrected chi connectivity index (χ4v) is 2.67. The van der Waals surface area contributed by atoms with E-state index in [0.29, 0.717) is 33.4 Å². The molecule has 0 atom stereocenters. The number of hydrogen-bond donors (Lipinski definition) is 0. The zero-order valence-electron chi connectivity index (χ0n) is 13.4. The van der Waals surface area contributed by atoms with E-state index in [1.54, 1.807) is 32.9 Å². The molecule has 7 heteroatoms. The monoisotopic (exact) mass is 346 g/mol. The van der Waals surface area contributed by atoms with Crippen LogP contribution in [0, 0.1) is 20.8 Å². The number of rotatable bonds is 3. The van der Waals surface area contributed by atoms with Crippen LogP contribution in [0.2, 0.25) is 5.02 Å². The van der Waals surface area contributed by atoms with Crippen molar-refractivity contribution in [3.63, 3.8) is 0 Å². The van der Waals surface area contributed by atoms with E-state index in [0.717, 1.165) is 5.56 Å². The lowest BCUT2D eigenvalue weighted by Gasteiger charge is -2.06. The van der Waals surface area contributed by atoms with E-state index in [-0.39, 0.29) is 12.2 Å². The second kappa shape index (κ2) is 6.13. The number of fused-ring (bicyclic) bond motifs is 1. The van der Waals surface area contributed by atoms with E-state index in [1.807, 2.05) is 0 Å². The molecular weight excluding hydrogens is 332 g/mol. The molecule has 0 amide bonds. The maximum absolute atomic E-state index is 12.3. The van der Waals surface area contributed by atoms with Gasteiger partial charge in [-0.25, -0.2) is 9.78 Å². The van der Waals surface area contributed by atoms with Crippen molar-refractivity contribution in [1.82, 2.24) is 9.38 Å². The largest absolute Gasteiger partial charge is 0.465 e. The van der Waals surface area contributed by atoms with Crippen LogP contribution in [0.3, 0.4) is 0 Å². The third-order valence-electron chi connectivity index (χ3n) is 3.79. The standard InChI is InChI=1S/C17H15ClN2O4/c1-9-10(2)24-11(3)16(9)17(22)23-8-13-6-15(21)20-7-12(18)4-5-14(20)19-13/h4-7H,8H2,1-3H3. The summed E-state index contributed by atoms with van der Waals surface area (Å²) in [5, 5.41) is 0.437. The number of esters is 1. The highest BCUT2D eigenvalue weighted by Gasteiger charge is 2.20. The molecule has 0 aromatic carbocycles. The van der Waals surface area contributed by atoms with Crippen molar-refractivity contribution >= 4 is 23.2 Å². The predicted octanol–water partition coefficient (Wildman–Crippen LogP) is 3.22. The average Bonchev–Trinajstić information content (AvgIpc) is 2.78. The Balaban J connectivity index is 1.84. The van der Waals surface area contributed by atoms with Gasteiger partial charge in [0.1, 0.15) is 29.3 Å². The number of nitrogens with zero attached hydrogens (tertiary/aromatic N) is 2. The summed E-state index contributed by atoms with van der Waals surface area (Å²) in [5.41, 5.74) is 1.67. The summed E-state index contributed by atoms with van der Waals surface area (Å²) in [4.78, 5) is 28.6. The van der Waals surface area contributed by atoms with Gasteiger partial charge >= 0.3 is 5.97 Å². The van der Waals surface area contributed by atoms with Gasteiger partial charge < -0.3 is 9.15 Å². The average molecular weight is 347 g/mol. The zero-order valence-corrected chi connectivity index (χ0v) is 14.2. The Labute approximate surface area is 142 Å². The van der Waals surface area contributed by atoms with Crippen LogP contribution in [0.15, 0.2) is 33.6 Å². The number of halogens is 1. The van der Waals surface area contributed by atoms with Gasteiger partial charge in [-0.3, -0.25) is 9.20 Å². The molecule has 3 heterocycles. The van der Waals surface area contributed by atoms with E-state index < -0.39 is 5.97 Å². The lowest BCUT2D eigenvalue weighted by atomic mass is 10.1. The van der Waals surface area contributed by atoms with E-state index in [4.69, 9.17) is 20.8 Å². The first-order chi connectivity index (χ1) is 11.4. The summed E-state index contributed by atoms with van der Waals surface area (Å²) in [6, 6.07) is 4.58. The van der Waals surface area contributed by atoms with Crippen LogP contribution in [-0.2, 0) is 11.3 Å². The summed E-state index contributed by atoms with van der Waals surface area (Å²) in [6.45, 7) is 5.19. The topological polar surface area (TPSA) is 73.8 Å². The van der Waals surface area contributed by atoms with Crippen molar-refractivity contribution in [2.24, 2.45) is 0 Å². The Kier molecular flexibility index (Phi) is 4.15. The molecule has 6 nitrogen and oxygen atoms in total. The molecule has 0 saturated heterocycles. The third kappa shape index (κ3) is 2.92. The molecule has 3 rings (SSSR count). The number of furan rings is 1. The molecule has 3 aromatic rings. The van der Waals surface area contributed by atoms with Crippen molar-refractivity contribution in [3.05, 3.63) is 68.1 Å². The molecule has 0 unspecified atom stereocenters. The number of pyridine rings is 1. The van der Waals surface area contributed by atoms with Gasteiger partial charge in [0, 0.05) is 17.8 Å². The fourth-order valence-electron chi connectivity index (χ4n) is 2.51. The summed E-state index contributed by atoms with van der Waals surface area (Å²) in [5.74, 6) is 0.689. The minimum Gasteiger partial charge on any atom is -0.465 e. The van der Waals surface area contributed by atoms with Crippen molar-refractivity contribution in [1.29, 1.82) is 0 Å². The van der Waals surface area contributed by atoms with E-state index in [1.165, 1.54) is 16.7 Å². The van der Waals surface area contributed by atoms with Crippen molar-refractivity contribution in [2.45, 2.75) is 27.4 Å². The van der Waals surface area contributed by atoms with Gasteiger partial charge in [0.25, 0.3) is 5.56 Å². The summed E-state index contributed by atoms with van der Waals surface area (Å²) in [6.07, 6.45) is 1.49. The number of carbonyl (C=O) groups excluding carboxylic acids is 1. The molecule has 0 aliphatic carbocycles. The van der Waals surface area contributed by atoms with E-state index in [2.05, 4.69) is 4.98 Å². The number of aryl methyl sites for hydroxylation is 2. The number of aromatic nitrogens is 2. The minimum atomic E-state index is -0.500. The van der Waals surface area contributed by atoms with E-state index >= 15 is 0 Å². The van der Waals surface area contributed by atoms with Crippen LogP contribution < -0.4 is 5.56 Å². The molecule has 0 aliphatic heterocycles. The van der Waals surface area contributed by atoms with Crippen LogP contribution in [0.25, 0.3) is 5.65 Å². The van der Waals surface area contributed by atoms with Crippen molar-refractivity contribution < 1.29 is 13.9 Å². The normalized spacial score (nSPS) is 11.0. The number of ether oxygens (including phenoxy) is 1. The van der Waals surface area contributed by atoms with Gasteiger partial charge in [0.15, 0.2) is 0 Å². The molecule has 0 spiro atoms. The smallest absolute Gasteiger partial charge is 0.342 e. The first-order valence-corrected chi connectivity index (χ1v) is 7.66. The Hall–Kier alpha value is -2.60. The molecule has 0 saturated carbocycles. The Bertz CT molecular complexity index is 1000. The Morgan fingerprint density at radius 1 is 1.29 bits per heavy atom. The molecule has 124 valence electrons. The highest BCUT2D eigenvalue weighted by atomic mass is 35.5. The summed E-state index contributed by atoms with van der Waals surface area (Å²) >= 11 is 5.87. The van der Waals surface area contributed by atoms with Crippen LogP contribution >= 0.6 is 11.6 Å². The highest BCUT2D eigenvalue weighted by molar-refractivity contribution is 6.30. The molecule has 0 aliphatic rings. The highest BCUT2D eigenvalue weighted by Crippen LogP contribution is 2.21. The zero-order chi connectivity index (χ0) is 17.4. The molecular formula is C17H15ClN2O4. The quantitative estimate of drug-likeness (QED) is 0.681. The van der Waals surface area contributed by atoms with Crippen LogP contribution in [-0.4, -0.2) is 15.4 Å². The predicted molar refractivity (Wildman–Crippen MR) is 88.5 cm³/mol. The van der Waals surface area contributed by atoms with Crippen molar-refractivity contribution in [3.8, 4) is 0 Å². The van der Waals surface area contributed by atoms with Crippen LogP contribution in [0.1, 0.15) is 33.1 Å². The number of hydrogen-bond acceptors (Lipinski definition) is 5. The molecule has 0 fully saturated rings. The molecule has 24 heavy (non-hydrogen) atoms. The summed E-state index contributed by atoms with van der Waals surface area (Å²) in [7, 11) is 0. The van der Waals surface area contributed by atoms with Crippen LogP contribution in [0.4, 0.5) is 0 Å². The summed E-state index contributed by atoms with van der Waals surface area (Å²) < 4.78 is 12.0. The van der Waals surface area contributed by atoms with Gasteiger partial charge in [0.2, 0.25) is 0 Å². The second-order valence-electron chi connectivity index (χ2n) is 5.45. The fraction of sp³-hybridized carbons (Fsp3) is 0.235. The van der Waals surface area contributed by atoms with E-state index in [9.17, 15) is 9.59 Å². The number of carbonyl (C=O) groups is 1. The molecule has 0 bridgehead atoms. The Morgan fingerprint density at radius 2 is 2.04 bits per heavy atom. The van der Waals surface area contributed by atoms with Gasteiger partial charge in [-0.05, 0) is 32.9 Å². The lowest BCUT2D eigenvalue weighted by Crippen LogP contribution is -2.16. The SMILES string of the molecule is Cc1oc(C)c(C(=O)OCc2cc(=O)n3cc(Cl)ccc3n2)c1C. The first kappa shape index (κ1) is 16.3. The maximum atomic E-state index is 12.3. The van der Waals surface area contributed by atoms with Gasteiger partial charge in [-0.2, -0.15) is 0 Å². The second-order valence-corrected chi connectivity index (χ2v) is 5.89. The maximum Gasteiger partial charge on any atom is 0.342 e. The van der Waals surface area contributed by atoms with Crippen LogP contribution in [0.5, 0.6) is 0 Å². The van der Waals surface area contributed by atoms with Gasteiger partial charge in [0.05, 0.1) is 10.7 Å². The van der Waals surface area contributed by atoms with Gasteiger partial charge in [-0.1, -0.05) is 11.6 Å². The first-order valence-electron chi connectivity index (χ1n) is 7.28. The molecule has 0 radical (unpaired) electrons. The minimum absolute atomic E-state index is 0.101. The van der Waals surface area contributed by atoms with Crippen molar-refractivity contribution in [2.75, 3.05) is 0 Å². The molecule has 0 N–H and O–H groups in total. The molecule has 3 aromatic heterocycles. The Morgan fingerprint density at radius 3 is 2.71 bits per heavy atom. The lowest BCUT2D eigenvalue weighted by molar-refractivity contribution is 0.0465.